The van der Waals surface area contributed by atoms with Crippen LogP contribution in [0, 0.1) is 0 Å². The first-order valence-corrected chi connectivity index (χ1v) is 11.7. The molecule has 8 heteroatoms. The number of halogens is 2. The van der Waals surface area contributed by atoms with Crippen LogP contribution in [0.2, 0.25) is 16.6 Å². The SMILES string of the molecule is CC(C)[Si](O[C@H]1C(=O)N(C(=O)OC(C)(C)C)[C@H]1C(C)(F)F)(C(C)C)C(C)C. The predicted molar refractivity (Wildman–Crippen MR) is 103 cm³/mol. The van der Waals surface area contributed by atoms with Crippen LogP contribution in [0.3, 0.4) is 0 Å². The first kappa shape index (κ1) is 24.0. The average Bonchev–Trinajstić information content (AvgIpc) is 2.40. The van der Waals surface area contributed by atoms with Gasteiger partial charge in [0.25, 0.3) is 11.8 Å². The first-order chi connectivity index (χ1) is 12.0. The monoisotopic (exact) mass is 407 g/mol. The maximum Gasteiger partial charge on any atom is 0.417 e. The van der Waals surface area contributed by atoms with Crippen LogP contribution in [-0.2, 0) is 14.0 Å². The minimum Gasteiger partial charge on any atom is -0.443 e. The molecule has 1 fully saturated rings. The molecule has 0 aromatic heterocycles. The molecule has 2 atom stereocenters. The van der Waals surface area contributed by atoms with Gasteiger partial charge in [0.15, 0.2) is 6.10 Å². The number of carbonyl (C=O) groups is 2. The van der Waals surface area contributed by atoms with Crippen molar-refractivity contribution in [2.45, 2.75) is 110 Å². The number of nitrogens with zero attached hydrogens (tertiary/aromatic N) is 1. The van der Waals surface area contributed by atoms with E-state index in [-0.39, 0.29) is 16.6 Å². The summed E-state index contributed by atoms with van der Waals surface area (Å²) in [7, 11) is -2.57. The summed E-state index contributed by atoms with van der Waals surface area (Å²) in [5.74, 6) is -4.03. The highest BCUT2D eigenvalue weighted by molar-refractivity contribution is 6.77. The van der Waals surface area contributed by atoms with Gasteiger partial charge in [0.05, 0.1) is 0 Å². The Balaban J connectivity index is 3.24. The van der Waals surface area contributed by atoms with Crippen molar-refractivity contribution in [1.29, 1.82) is 0 Å². The van der Waals surface area contributed by atoms with Crippen LogP contribution in [0.15, 0.2) is 0 Å². The van der Waals surface area contributed by atoms with Gasteiger partial charge < -0.3 is 9.16 Å². The molecule has 1 saturated heterocycles. The summed E-state index contributed by atoms with van der Waals surface area (Å²) in [5.41, 5.74) is -0.491. The van der Waals surface area contributed by atoms with Gasteiger partial charge >= 0.3 is 6.09 Å². The molecule has 1 aliphatic heterocycles. The number of carbonyl (C=O) groups excluding carboxylic acids is 2. The molecule has 5 nitrogen and oxygen atoms in total. The summed E-state index contributed by atoms with van der Waals surface area (Å²) < 4.78 is 40.1. The first-order valence-electron chi connectivity index (χ1n) is 9.58. The predicted octanol–water partition coefficient (Wildman–Crippen LogP) is 5.35. The molecule has 0 radical (unpaired) electrons. The van der Waals surface area contributed by atoms with Crippen LogP contribution in [-0.4, -0.2) is 48.9 Å². The van der Waals surface area contributed by atoms with E-state index >= 15 is 0 Å². The lowest BCUT2D eigenvalue weighted by atomic mass is 9.93. The zero-order valence-corrected chi connectivity index (χ0v) is 19.2. The van der Waals surface area contributed by atoms with Crippen LogP contribution in [0.1, 0.15) is 69.2 Å². The minimum absolute atomic E-state index is 0.131. The van der Waals surface area contributed by atoms with Gasteiger partial charge in [0.1, 0.15) is 11.6 Å². The van der Waals surface area contributed by atoms with E-state index < -0.39 is 44.0 Å². The van der Waals surface area contributed by atoms with E-state index in [1.165, 1.54) is 0 Å². The third kappa shape index (κ3) is 4.70. The van der Waals surface area contributed by atoms with Crippen LogP contribution in [0.5, 0.6) is 0 Å². The zero-order chi connectivity index (χ0) is 21.5. The maximum absolute atomic E-state index is 14.3. The molecule has 1 aliphatic rings. The number of imide groups is 1. The number of β-lactam (4-membered cyclic amide) rings is 1. The van der Waals surface area contributed by atoms with Gasteiger partial charge in [-0.15, -0.1) is 0 Å². The van der Waals surface area contributed by atoms with E-state index in [4.69, 9.17) is 9.16 Å². The number of hydrogen-bond acceptors (Lipinski definition) is 4. The van der Waals surface area contributed by atoms with E-state index in [1.54, 1.807) is 20.8 Å². The summed E-state index contributed by atoms with van der Waals surface area (Å²) in [5, 5.41) is 0. The molecule has 0 aliphatic carbocycles. The van der Waals surface area contributed by atoms with Gasteiger partial charge in [-0.25, -0.2) is 18.5 Å². The zero-order valence-electron chi connectivity index (χ0n) is 18.2. The molecule has 0 aromatic carbocycles. The maximum atomic E-state index is 14.3. The molecule has 0 unspecified atom stereocenters. The number of alkyl halides is 2. The quantitative estimate of drug-likeness (QED) is 0.440. The highest BCUT2D eigenvalue weighted by atomic mass is 28.4. The standard InChI is InChI=1S/C19H35F2NO4Si/c1-11(2)27(12(3)4,13(5)6)26-14-15(19(10,20)21)22(16(14)23)17(24)25-18(7,8)9/h11-15H,1-10H3/t14-,15-/m1/s1. The molecule has 2 amide bonds. The number of hydrogen-bond donors (Lipinski definition) is 0. The Labute approximate surface area is 162 Å². The number of rotatable bonds is 6. The number of likely N-dealkylation sites (tertiary alicyclic amines) is 1. The van der Waals surface area contributed by atoms with Gasteiger partial charge in [-0.05, 0) is 37.4 Å². The van der Waals surface area contributed by atoms with Gasteiger partial charge in [-0.1, -0.05) is 41.5 Å². The Morgan fingerprint density at radius 2 is 1.41 bits per heavy atom. The topological polar surface area (TPSA) is 55.8 Å². The second-order valence-corrected chi connectivity index (χ2v) is 14.9. The normalized spacial score (nSPS) is 21.9. The molecular formula is C19H35F2NO4Si. The van der Waals surface area contributed by atoms with Crippen molar-refractivity contribution in [2.75, 3.05) is 0 Å². The van der Waals surface area contributed by atoms with E-state index in [1.807, 2.05) is 41.5 Å². The van der Waals surface area contributed by atoms with E-state index in [9.17, 15) is 18.4 Å². The fourth-order valence-corrected chi connectivity index (χ4v) is 9.70. The van der Waals surface area contributed by atoms with E-state index in [0.717, 1.165) is 0 Å². The summed E-state index contributed by atoms with van der Waals surface area (Å²) in [6.45, 7) is 17.7. The molecule has 0 aromatic rings. The summed E-state index contributed by atoms with van der Waals surface area (Å²) in [6, 6.07) is -1.65. The molecule has 0 saturated carbocycles. The van der Waals surface area contributed by atoms with Crippen LogP contribution >= 0.6 is 0 Å². The van der Waals surface area contributed by atoms with Gasteiger partial charge in [0.2, 0.25) is 8.32 Å². The Morgan fingerprint density at radius 3 is 1.70 bits per heavy atom. The lowest BCUT2D eigenvalue weighted by Gasteiger charge is -2.53. The second kappa shape index (κ2) is 7.77. The van der Waals surface area contributed by atoms with Crippen molar-refractivity contribution in [3.8, 4) is 0 Å². The Kier molecular flexibility index (Phi) is 6.91. The van der Waals surface area contributed by atoms with Crippen molar-refractivity contribution >= 4 is 20.3 Å². The van der Waals surface area contributed by atoms with Gasteiger partial charge in [-0.2, -0.15) is 0 Å². The number of amides is 2. The molecule has 0 spiro atoms. The van der Waals surface area contributed by atoms with Crippen molar-refractivity contribution < 1.29 is 27.5 Å². The van der Waals surface area contributed by atoms with Gasteiger partial charge in [-0.3, -0.25) is 4.79 Å². The third-order valence-electron chi connectivity index (χ3n) is 5.19. The van der Waals surface area contributed by atoms with Crippen molar-refractivity contribution in [3.63, 3.8) is 0 Å². The second-order valence-electron chi connectivity index (χ2n) is 9.45. The molecular weight excluding hydrogens is 372 g/mol. The Bertz CT molecular complexity index is 545. The Morgan fingerprint density at radius 1 is 1.00 bits per heavy atom. The lowest BCUT2D eigenvalue weighted by Crippen LogP contribution is -2.75. The van der Waals surface area contributed by atoms with Crippen molar-refractivity contribution in [2.24, 2.45) is 0 Å². The third-order valence-corrected chi connectivity index (χ3v) is 11.3. The highest BCUT2D eigenvalue weighted by Crippen LogP contribution is 2.47. The highest BCUT2D eigenvalue weighted by Gasteiger charge is 2.64. The Hall–Kier alpha value is -1.02. The van der Waals surface area contributed by atoms with Crippen LogP contribution < -0.4 is 0 Å². The van der Waals surface area contributed by atoms with E-state index in [0.29, 0.717) is 11.8 Å². The smallest absolute Gasteiger partial charge is 0.417 e. The molecule has 27 heavy (non-hydrogen) atoms. The summed E-state index contributed by atoms with van der Waals surface area (Å²) >= 11 is 0. The molecule has 0 N–H and O–H groups in total. The average molecular weight is 408 g/mol. The van der Waals surface area contributed by atoms with Crippen molar-refractivity contribution in [1.82, 2.24) is 4.90 Å². The molecule has 0 bridgehead atoms. The van der Waals surface area contributed by atoms with Crippen LogP contribution in [0.25, 0.3) is 0 Å². The fourth-order valence-electron chi connectivity index (χ4n) is 4.21. The minimum atomic E-state index is -3.29. The van der Waals surface area contributed by atoms with Crippen molar-refractivity contribution in [3.05, 3.63) is 0 Å². The van der Waals surface area contributed by atoms with Crippen LogP contribution in [0.4, 0.5) is 13.6 Å². The van der Waals surface area contributed by atoms with E-state index in [2.05, 4.69) is 0 Å². The fraction of sp³-hybridized carbons (Fsp3) is 0.895. The molecule has 158 valence electrons. The summed E-state index contributed by atoms with van der Waals surface area (Å²) in [4.78, 5) is 25.5. The molecule has 1 heterocycles. The summed E-state index contributed by atoms with van der Waals surface area (Å²) in [6.07, 6.45) is -2.37. The van der Waals surface area contributed by atoms with Gasteiger partial charge in [0, 0.05) is 6.92 Å². The number of ether oxygens (including phenoxy) is 1. The molecule has 1 rings (SSSR count). The lowest BCUT2D eigenvalue weighted by molar-refractivity contribution is -0.189. The largest absolute Gasteiger partial charge is 0.443 e.